The van der Waals surface area contributed by atoms with E-state index in [2.05, 4.69) is 4.98 Å². The van der Waals surface area contributed by atoms with Crippen LogP contribution < -0.4 is 10.6 Å². The number of hydrogen-bond donors (Lipinski definition) is 1. The summed E-state index contributed by atoms with van der Waals surface area (Å²) in [5, 5.41) is -0.601. The van der Waals surface area contributed by atoms with Gasteiger partial charge in [0.2, 0.25) is 19.4 Å². The van der Waals surface area contributed by atoms with Crippen LogP contribution in [0.15, 0.2) is 64.6 Å². The molecule has 1 fully saturated rings. The number of ether oxygens (including phenoxy) is 2. The summed E-state index contributed by atoms with van der Waals surface area (Å²) in [7, 11) is 2.64. The molecule has 1 saturated heterocycles. The molecule has 0 radical (unpaired) electrons. The Morgan fingerprint density at radius 1 is 1.02 bits per heavy atom. The Morgan fingerprint density at radius 3 is 2.32 bits per heavy atom. The van der Waals surface area contributed by atoms with Gasteiger partial charge in [0.1, 0.15) is 25.1 Å². The summed E-state index contributed by atoms with van der Waals surface area (Å²) >= 11 is 35.8. The highest BCUT2D eigenvalue weighted by Crippen LogP contribution is 2.48. The largest absolute Gasteiger partial charge is 0.460 e. The van der Waals surface area contributed by atoms with Gasteiger partial charge in [0.15, 0.2) is 4.34 Å². The van der Waals surface area contributed by atoms with E-state index in [9.17, 15) is 19.2 Å². The average Bonchev–Trinajstić information content (AvgIpc) is 3.44. The molecule has 2 atom stereocenters. The maximum Gasteiger partial charge on any atom is 0.340 e. The molecule has 1 aliphatic rings. The van der Waals surface area contributed by atoms with Gasteiger partial charge in [0.25, 0.3) is 0 Å². The highest BCUT2D eigenvalue weighted by atomic mass is 35.6. The molecule has 2 heterocycles. The van der Waals surface area contributed by atoms with Gasteiger partial charge in [0, 0.05) is 6.20 Å². The third-order valence-corrected chi connectivity index (χ3v) is 11.1. The van der Waals surface area contributed by atoms with Gasteiger partial charge in [-0.15, -0.1) is 11.3 Å². The van der Waals surface area contributed by atoms with Crippen LogP contribution in [0.4, 0.5) is 5.69 Å². The summed E-state index contributed by atoms with van der Waals surface area (Å²) in [6.45, 7) is -0.222. The second-order valence-corrected chi connectivity index (χ2v) is 18.4. The third-order valence-electron chi connectivity index (χ3n) is 6.35. The van der Waals surface area contributed by atoms with E-state index in [4.69, 9.17) is 84.8 Å². The first-order valence-corrected chi connectivity index (χ1v) is 18.6. The van der Waals surface area contributed by atoms with Crippen molar-refractivity contribution in [2.45, 2.75) is 24.2 Å². The minimum absolute atomic E-state index is 0.0109. The number of carbonyl (C=O) groups is 4. The first-order valence-electron chi connectivity index (χ1n) is 13.3. The number of thiazole rings is 1. The number of rotatable bonds is 12. The number of esters is 2. The zero-order chi connectivity index (χ0) is 34.5. The number of fused-ring (bicyclic) bond motifs is 1. The van der Waals surface area contributed by atoms with E-state index in [1.807, 2.05) is 24.3 Å². The second-order valence-electron chi connectivity index (χ2n) is 9.79. The van der Waals surface area contributed by atoms with Crippen LogP contribution in [0.3, 0.4) is 0 Å². The van der Waals surface area contributed by atoms with Crippen molar-refractivity contribution in [1.29, 1.82) is 0 Å². The molecule has 0 aliphatic carbocycles. The Bertz CT molecular complexity index is 1650. The summed E-state index contributed by atoms with van der Waals surface area (Å²) in [4.78, 5) is 59.3. The topological polar surface area (TPSA) is 132 Å². The van der Waals surface area contributed by atoms with Crippen molar-refractivity contribution in [2.24, 2.45) is 11.7 Å². The number of alkyl halides is 6. The predicted molar refractivity (Wildman–Crippen MR) is 191 cm³/mol. The van der Waals surface area contributed by atoms with Crippen LogP contribution in [0.2, 0.25) is 0 Å². The maximum atomic E-state index is 13.5. The number of hydrogen-bond acceptors (Lipinski definition) is 11. The quantitative estimate of drug-likeness (QED) is 0.0870. The van der Waals surface area contributed by atoms with Gasteiger partial charge in [-0.3, -0.25) is 19.3 Å². The van der Waals surface area contributed by atoms with E-state index in [-0.39, 0.29) is 11.3 Å². The van der Waals surface area contributed by atoms with Crippen molar-refractivity contribution < 1.29 is 28.7 Å². The number of nitrogens with zero attached hydrogens (tertiary/aromatic N) is 3. The molecule has 4 rings (SSSR count). The fraction of sp³-hybridized carbons (Fsp3) is 0.321. The molecule has 0 saturated carbocycles. The van der Waals surface area contributed by atoms with Gasteiger partial charge in [0.05, 0.1) is 33.9 Å². The van der Waals surface area contributed by atoms with Crippen molar-refractivity contribution in [3.8, 4) is 0 Å². The summed E-state index contributed by atoms with van der Waals surface area (Å²) in [6.07, 6.45) is 1.42. The average molecular weight is 821 g/mol. The zero-order valence-electron chi connectivity index (χ0n) is 24.0. The Labute approximate surface area is 311 Å². The summed E-state index contributed by atoms with van der Waals surface area (Å²) in [5.41, 5.74) is 7.11. The first-order chi connectivity index (χ1) is 22.1. The SMILES string of the molecule is CC(=CN(C(=O)CN)c1ccccc1C(=O)OCC(Cl)(Cl)Cl)C1C(=O)N(CC(=O)OCC(Cl)(Cl)Cl)C1SSc1nc2ccccc2s1. The smallest absolute Gasteiger partial charge is 0.340 e. The number of aromatic nitrogens is 1. The van der Waals surface area contributed by atoms with Crippen LogP contribution in [-0.4, -0.2) is 72.9 Å². The van der Waals surface area contributed by atoms with Gasteiger partial charge in [-0.05, 0) is 47.6 Å². The third kappa shape index (κ3) is 10.4. The molecule has 2 N–H and O–H groups in total. The molecule has 0 spiro atoms. The van der Waals surface area contributed by atoms with Crippen LogP contribution in [0.1, 0.15) is 17.3 Å². The van der Waals surface area contributed by atoms with Crippen LogP contribution in [0, 0.1) is 5.92 Å². The Kier molecular flexibility index (Phi) is 13.3. The van der Waals surface area contributed by atoms with Crippen LogP contribution in [0.25, 0.3) is 10.2 Å². The Morgan fingerprint density at radius 2 is 1.66 bits per heavy atom. The maximum absolute atomic E-state index is 13.5. The molecule has 10 nitrogen and oxygen atoms in total. The summed E-state index contributed by atoms with van der Waals surface area (Å²) < 4.78 is 8.23. The molecule has 19 heteroatoms. The summed E-state index contributed by atoms with van der Waals surface area (Å²) in [6, 6.07) is 13.8. The lowest BCUT2D eigenvalue weighted by atomic mass is 9.90. The molecule has 2 amide bonds. The number of anilines is 1. The monoisotopic (exact) mass is 818 g/mol. The van der Waals surface area contributed by atoms with Gasteiger partial charge < -0.3 is 20.1 Å². The van der Waals surface area contributed by atoms with E-state index < -0.39 is 68.9 Å². The van der Waals surface area contributed by atoms with Crippen LogP contribution in [0.5, 0.6) is 0 Å². The predicted octanol–water partition coefficient (Wildman–Crippen LogP) is 7.16. The van der Waals surface area contributed by atoms with Crippen molar-refractivity contribution in [3.05, 3.63) is 65.9 Å². The number of halogens is 6. The van der Waals surface area contributed by atoms with Gasteiger partial charge in [-0.25, -0.2) is 9.78 Å². The molecule has 0 bridgehead atoms. The lowest BCUT2D eigenvalue weighted by Gasteiger charge is -2.46. The Hall–Kier alpha value is -1.65. The fourth-order valence-corrected chi connectivity index (χ4v) is 8.71. The lowest BCUT2D eigenvalue weighted by Crippen LogP contribution is -2.61. The van der Waals surface area contributed by atoms with Crippen molar-refractivity contribution in [1.82, 2.24) is 9.88 Å². The van der Waals surface area contributed by atoms with Crippen LogP contribution >= 0.6 is 103 Å². The molecular formula is C28H24Cl6N4O6S3. The molecule has 47 heavy (non-hydrogen) atoms. The number of likely N-dealkylation sites (tertiary alicyclic amines) is 1. The van der Waals surface area contributed by atoms with Crippen molar-refractivity contribution >= 4 is 142 Å². The van der Waals surface area contributed by atoms with E-state index in [1.165, 1.54) is 56.2 Å². The number of nitrogens with two attached hydrogens (primary N) is 1. The number of amides is 2. The molecule has 1 aliphatic heterocycles. The van der Waals surface area contributed by atoms with Crippen molar-refractivity contribution in [3.63, 3.8) is 0 Å². The molecule has 1 aromatic heterocycles. The van der Waals surface area contributed by atoms with Crippen LogP contribution in [-0.2, 0) is 23.9 Å². The molecule has 2 aromatic carbocycles. The highest BCUT2D eigenvalue weighted by molar-refractivity contribution is 8.77. The lowest BCUT2D eigenvalue weighted by molar-refractivity contribution is -0.158. The molecular weight excluding hydrogens is 797 g/mol. The standard InChI is InChI=1S/C28H24Cl6N4O6S3/c1-15(11-37(20(39)10-35)18-8-4-2-6-16(18)25(42)44-14-28(32,33)34)22-23(41)38(12-21(40)43-13-27(29,30)31)24(22)46-47-26-36-17-7-3-5-9-19(17)45-26/h2-9,11,22,24H,10,12-14,35H2,1H3. The highest BCUT2D eigenvalue weighted by Gasteiger charge is 2.50. The zero-order valence-corrected chi connectivity index (χ0v) is 31.0. The van der Waals surface area contributed by atoms with Gasteiger partial charge >= 0.3 is 11.9 Å². The minimum atomic E-state index is -1.85. The second kappa shape index (κ2) is 16.4. The van der Waals surface area contributed by atoms with Gasteiger partial charge in [-0.1, -0.05) is 105 Å². The fourth-order valence-electron chi connectivity index (χ4n) is 4.28. The first kappa shape index (κ1) is 38.2. The summed E-state index contributed by atoms with van der Waals surface area (Å²) in [5.74, 6) is -3.42. The van der Waals surface area contributed by atoms with E-state index in [0.717, 1.165) is 19.5 Å². The number of carbonyl (C=O) groups excluding carboxylic acids is 4. The Balaban J connectivity index is 1.62. The van der Waals surface area contributed by atoms with Gasteiger partial charge in [-0.2, -0.15) is 0 Å². The molecule has 252 valence electrons. The normalized spacial score (nSPS) is 17.0. The van der Waals surface area contributed by atoms with E-state index >= 15 is 0 Å². The number of β-lactam (4-membered cyclic amide) rings is 1. The minimum Gasteiger partial charge on any atom is -0.460 e. The van der Waals surface area contributed by atoms with Crippen molar-refractivity contribution in [2.75, 3.05) is 31.2 Å². The number of para-hydroxylation sites is 2. The molecule has 3 aromatic rings. The molecule has 2 unspecified atom stereocenters. The van der Waals surface area contributed by atoms with E-state index in [0.29, 0.717) is 5.57 Å². The van der Waals surface area contributed by atoms with E-state index in [1.54, 1.807) is 19.1 Å². The number of benzene rings is 2.